The standard InChI is InChI=1S/C9H12N2O2.2ClH/c1-7(6-9(12)13)11-8-2-4-10-5-3-8;;/h2-5,7H,6H2,1H3,(H,10,11)(H,12,13);2*1H/t7-;;/m0../s1. The average Bonchev–Trinajstić information content (AvgIpc) is 2.04. The van der Waals surface area contributed by atoms with E-state index in [-0.39, 0.29) is 37.3 Å². The molecule has 1 heterocycles. The number of hydrogen-bond acceptors (Lipinski definition) is 3. The van der Waals surface area contributed by atoms with Gasteiger partial charge in [0.05, 0.1) is 6.42 Å². The lowest BCUT2D eigenvalue weighted by Crippen LogP contribution is -2.19. The van der Waals surface area contributed by atoms with E-state index in [9.17, 15) is 4.79 Å². The monoisotopic (exact) mass is 252 g/mol. The van der Waals surface area contributed by atoms with Crippen molar-refractivity contribution in [2.24, 2.45) is 0 Å². The molecule has 0 aromatic carbocycles. The number of carbonyl (C=O) groups is 1. The number of nitrogens with zero attached hydrogens (tertiary/aromatic N) is 1. The molecule has 0 bridgehead atoms. The maximum atomic E-state index is 10.3. The fourth-order valence-electron chi connectivity index (χ4n) is 1.05. The Balaban J connectivity index is 0. The van der Waals surface area contributed by atoms with Gasteiger partial charge in [0.2, 0.25) is 0 Å². The van der Waals surface area contributed by atoms with Crippen LogP contribution >= 0.6 is 24.8 Å². The molecule has 1 rings (SSSR count). The Morgan fingerprint density at radius 2 is 2.00 bits per heavy atom. The number of hydrogen-bond donors (Lipinski definition) is 2. The molecule has 15 heavy (non-hydrogen) atoms. The summed E-state index contributed by atoms with van der Waals surface area (Å²) < 4.78 is 0. The zero-order valence-electron chi connectivity index (χ0n) is 8.21. The minimum absolute atomic E-state index is 0. The Kier molecular flexibility index (Phi) is 9.11. The summed E-state index contributed by atoms with van der Waals surface area (Å²) in [5.41, 5.74) is 0.892. The maximum absolute atomic E-state index is 10.3. The number of pyridine rings is 1. The van der Waals surface area contributed by atoms with Crippen LogP contribution in [0.1, 0.15) is 13.3 Å². The van der Waals surface area contributed by atoms with Crippen molar-refractivity contribution >= 4 is 36.5 Å². The van der Waals surface area contributed by atoms with Crippen LogP contribution in [0.3, 0.4) is 0 Å². The van der Waals surface area contributed by atoms with Crippen molar-refractivity contribution in [1.29, 1.82) is 0 Å². The predicted octanol–water partition coefficient (Wildman–Crippen LogP) is 2.20. The second-order valence-corrected chi connectivity index (χ2v) is 2.88. The molecule has 0 saturated carbocycles. The zero-order chi connectivity index (χ0) is 9.68. The highest BCUT2D eigenvalue weighted by molar-refractivity contribution is 5.85. The molecular formula is C9H14Cl2N2O2. The van der Waals surface area contributed by atoms with Gasteiger partial charge in [-0.2, -0.15) is 0 Å². The van der Waals surface area contributed by atoms with Crippen LogP contribution in [0.5, 0.6) is 0 Å². The van der Waals surface area contributed by atoms with Gasteiger partial charge in [0.25, 0.3) is 0 Å². The quantitative estimate of drug-likeness (QED) is 0.863. The second-order valence-electron chi connectivity index (χ2n) is 2.88. The largest absolute Gasteiger partial charge is 0.481 e. The van der Waals surface area contributed by atoms with Gasteiger partial charge in [-0.15, -0.1) is 24.8 Å². The van der Waals surface area contributed by atoms with E-state index < -0.39 is 5.97 Å². The van der Waals surface area contributed by atoms with E-state index in [1.54, 1.807) is 24.5 Å². The molecule has 1 aromatic heterocycles. The number of carboxylic acid groups (broad SMARTS) is 1. The summed E-state index contributed by atoms with van der Waals surface area (Å²) in [6.07, 6.45) is 3.44. The van der Waals surface area contributed by atoms with Gasteiger partial charge in [-0.05, 0) is 19.1 Å². The summed E-state index contributed by atoms with van der Waals surface area (Å²) in [7, 11) is 0. The van der Waals surface area contributed by atoms with Crippen LogP contribution in [-0.4, -0.2) is 22.1 Å². The topological polar surface area (TPSA) is 62.2 Å². The number of anilines is 1. The van der Waals surface area contributed by atoms with Crippen LogP contribution < -0.4 is 5.32 Å². The molecule has 4 nitrogen and oxygen atoms in total. The van der Waals surface area contributed by atoms with Crippen molar-refractivity contribution < 1.29 is 9.90 Å². The lowest BCUT2D eigenvalue weighted by Gasteiger charge is -2.12. The number of rotatable bonds is 4. The van der Waals surface area contributed by atoms with Crippen molar-refractivity contribution in [2.75, 3.05) is 5.32 Å². The molecular weight excluding hydrogens is 239 g/mol. The Labute approximate surface area is 101 Å². The number of halogens is 2. The molecule has 0 fully saturated rings. The summed E-state index contributed by atoms with van der Waals surface area (Å²) in [5.74, 6) is -0.797. The smallest absolute Gasteiger partial charge is 0.305 e. The van der Waals surface area contributed by atoms with Crippen molar-refractivity contribution in [3.05, 3.63) is 24.5 Å². The van der Waals surface area contributed by atoms with Crippen LogP contribution in [0.15, 0.2) is 24.5 Å². The first-order chi connectivity index (χ1) is 6.18. The van der Waals surface area contributed by atoms with E-state index in [1.807, 2.05) is 6.92 Å². The molecule has 1 atom stereocenters. The minimum atomic E-state index is -0.797. The lowest BCUT2D eigenvalue weighted by atomic mass is 10.2. The van der Waals surface area contributed by atoms with E-state index in [4.69, 9.17) is 5.11 Å². The van der Waals surface area contributed by atoms with Crippen LogP contribution in [0.4, 0.5) is 5.69 Å². The minimum Gasteiger partial charge on any atom is -0.481 e. The first-order valence-corrected chi connectivity index (χ1v) is 4.07. The summed E-state index contributed by atoms with van der Waals surface area (Å²) >= 11 is 0. The van der Waals surface area contributed by atoms with Gasteiger partial charge in [-0.25, -0.2) is 0 Å². The summed E-state index contributed by atoms with van der Waals surface area (Å²) in [6.45, 7) is 1.83. The third-order valence-corrected chi connectivity index (χ3v) is 1.57. The van der Waals surface area contributed by atoms with Crippen molar-refractivity contribution in [1.82, 2.24) is 4.98 Å². The normalized spacial score (nSPS) is 10.5. The van der Waals surface area contributed by atoms with E-state index >= 15 is 0 Å². The van der Waals surface area contributed by atoms with Gasteiger partial charge >= 0.3 is 5.97 Å². The molecule has 0 spiro atoms. The summed E-state index contributed by atoms with van der Waals surface area (Å²) in [5, 5.41) is 11.6. The molecule has 0 aliphatic heterocycles. The average molecular weight is 253 g/mol. The highest BCUT2D eigenvalue weighted by Crippen LogP contribution is 2.06. The predicted molar refractivity (Wildman–Crippen MR) is 64.1 cm³/mol. The molecule has 0 aliphatic carbocycles. The van der Waals surface area contributed by atoms with Gasteiger partial charge in [-0.1, -0.05) is 0 Å². The molecule has 0 radical (unpaired) electrons. The fraction of sp³-hybridized carbons (Fsp3) is 0.333. The maximum Gasteiger partial charge on any atom is 0.305 e. The third kappa shape index (κ3) is 6.99. The van der Waals surface area contributed by atoms with E-state index in [2.05, 4.69) is 10.3 Å². The number of aliphatic carboxylic acids is 1. The first kappa shape index (κ1) is 16.4. The van der Waals surface area contributed by atoms with Crippen molar-refractivity contribution in [2.45, 2.75) is 19.4 Å². The molecule has 1 aromatic rings. The summed E-state index contributed by atoms with van der Waals surface area (Å²) in [4.78, 5) is 14.2. The molecule has 0 unspecified atom stereocenters. The molecule has 0 aliphatic rings. The Morgan fingerprint density at radius 3 is 2.47 bits per heavy atom. The lowest BCUT2D eigenvalue weighted by molar-refractivity contribution is -0.137. The number of carboxylic acids is 1. The third-order valence-electron chi connectivity index (χ3n) is 1.57. The first-order valence-electron chi connectivity index (χ1n) is 4.07. The molecule has 0 saturated heterocycles. The van der Waals surface area contributed by atoms with Gasteiger partial charge in [0.1, 0.15) is 0 Å². The van der Waals surface area contributed by atoms with Gasteiger partial charge < -0.3 is 10.4 Å². The molecule has 0 amide bonds. The van der Waals surface area contributed by atoms with E-state index in [1.165, 1.54) is 0 Å². The van der Waals surface area contributed by atoms with E-state index in [0.29, 0.717) is 0 Å². The van der Waals surface area contributed by atoms with Gasteiger partial charge in [-0.3, -0.25) is 9.78 Å². The van der Waals surface area contributed by atoms with Gasteiger partial charge in [0.15, 0.2) is 0 Å². The Morgan fingerprint density at radius 1 is 1.47 bits per heavy atom. The van der Waals surface area contributed by atoms with Crippen LogP contribution in [-0.2, 0) is 4.79 Å². The van der Waals surface area contributed by atoms with E-state index in [0.717, 1.165) is 5.69 Å². The zero-order valence-corrected chi connectivity index (χ0v) is 9.85. The molecule has 2 N–H and O–H groups in total. The highest BCUT2D eigenvalue weighted by atomic mass is 35.5. The Bertz CT molecular complexity index is 283. The van der Waals surface area contributed by atoms with Crippen LogP contribution in [0.2, 0.25) is 0 Å². The van der Waals surface area contributed by atoms with Crippen molar-refractivity contribution in [3.8, 4) is 0 Å². The number of nitrogens with one attached hydrogen (secondary N) is 1. The second kappa shape index (κ2) is 8.32. The fourth-order valence-corrected chi connectivity index (χ4v) is 1.05. The highest BCUT2D eigenvalue weighted by Gasteiger charge is 2.06. The van der Waals surface area contributed by atoms with Crippen LogP contribution in [0.25, 0.3) is 0 Å². The van der Waals surface area contributed by atoms with Crippen molar-refractivity contribution in [3.63, 3.8) is 0 Å². The van der Waals surface area contributed by atoms with Crippen LogP contribution in [0, 0.1) is 0 Å². The number of aromatic nitrogens is 1. The van der Waals surface area contributed by atoms with Gasteiger partial charge in [0, 0.05) is 24.1 Å². The summed E-state index contributed by atoms with van der Waals surface area (Å²) in [6, 6.07) is 3.54. The molecule has 86 valence electrons. The Hall–Kier alpha value is -1.00. The SMILES string of the molecule is C[C@@H](CC(=O)O)Nc1ccncc1.Cl.Cl. The molecule has 6 heteroatoms.